The lowest BCUT2D eigenvalue weighted by Gasteiger charge is -1.98. The highest BCUT2D eigenvalue weighted by Gasteiger charge is 2.08. The van der Waals surface area contributed by atoms with Gasteiger partial charge < -0.3 is 5.11 Å². The highest BCUT2D eigenvalue weighted by molar-refractivity contribution is 5.97. The van der Waals surface area contributed by atoms with Gasteiger partial charge in [0, 0.05) is 5.56 Å². The first kappa shape index (κ1) is 9.38. The number of carbonyl (C=O) groups excluding carboxylic acids is 1. The summed E-state index contributed by atoms with van der Waals surface area (Å²) in [5.41, 5.74) is -0.150. The van der Waals surface area contributed by atoms with E-state index in [1.54, 1.807) is 0 Å². The summed E-state index contributed by atoms with van der Waals surface area (Å²) >= 11 is 0. The number of carboxylic acids is 1. The van der Waals surface area contributed by atoms with Crippen molar-refractivity contribution in [1.29, 1.82) is 0 Å². The van der Waals surface area contributed by atoms with Crippen molar-refractivity contribution < 1.29 is 19.1 Å². The predicted molar refractivity (Wildman–Crippen MR) is 43.4 cm³/mol. The molecule has 0 spiro atoms. The fraction of sp³-hybridized carbons (Fsp3) is 0.111. The van der Waals surface area contributed by atoms with Crippen molar-refractivity contribution in [3.8, 4) is 0 Å². The molecule has 0 atom stereocenters. The normalized spacial score (nSPS) is 9.69. The molecule has 0 aliphatic carbocycles. The van der Waals surface area contributed by atoms with Crippen molar-refractivity contribution in [2.75, 3.05) is 0 Å². The SMILES string of the molecule is CC(=O)c1cc(F)cc(C(=O)O)c1. The van der Waals surface area contributed by atoms with Gasteiger partial charge in [0.25, 0.3) is 0 Å². The van der Waals surface area contributed by atoms with Crippen molar-refractivity contribution in [1.82, 2.24) is 0 Å². The standard InChI is InChI=1S/C9H7FO3/c1-5(11)6-2-7(9(12)13)4-8(10)3-6/h2-4H,1H3,(H,12,13). The molecule has 4 heteroatoms. The van der Waals surface area contributed by atoms with Gasteiger partial charge in [0.1, 0.15) is 5.82 Å². The van der Waals surface area contributed by atoms with Crippen molar-refractivity contribution in [3.05, 3.63) is 35.1 Å². The van der Waals surface area contributed by atoms with Crippen molar-refractivity contribution in [3.63, 3.8) is 0 Å². The van der Waals surface area contributed by atoms with E-state index in [-0.39, 0.29) is 16.9 Å². The lowest BCUT2D eigenvalue weighted by Crippen LogP contribution is -2.01. The minimum absolute atomic E-state index is 0.0670. The van der Waals surface area contributed by atoms with E-state index in [2.05, 4.69) is 0 Å². The summed E-state index contributed by atoms with van der Waals surface area (Å²) in [6, 6.07) is 3.03. The zero-order valence-electron chi connectivity index (χ0n) is 6.87. The molecule has 1 N–H and O–H groups in total. The Kier molecular flexibility index (Phi) is 2.41. The van der Waals surface area contributed by atoms with Crippen LogP contribution in [0.2, 0.25) is 0 Å². The van der Waals surface area contributed by atoms with Crippen LogP contribution in [0.3, 0.4) is 0 Å². The minimum atomic E-state index is -1.25. The second kappa shape index (κ2) is 3.35. The van der Waals surface area contributed by atoms with E-state index in [0.29, 0.717) is 0 Å². The summed E-state index contributed by atoms with van der Waals surface area (Å²) in [4.78, 5) is 21.3. The van der Waals surface area contributed by atoms with Crippen LogP contribution in [0, 0.1) is 5.82 Å². The van der Waals surface area contributed by atoms with E-state index in [0.717, 1.165) is 18.2 Å². The first-order valence-electron chi connectivity index (χ1n) is 3.55. The number of benzene rings is 1. The molecule has 0 saturated carbocycles. The van der Waals surface area contributed by atoms with Crippen LogP contribution in [-0.2, 0) is 0 Å². The molecule has 0 unspecified atom stereocenters. The summed E-state index contributed by atoms with van der Waals surface area (Å²) in [7, 11) is 0. The van der Waals surface area contributed by atoms with Gasteiger partial charge in [-0.1, -0.05) is 0 Å². The van der Waals surface area contributed by atoms with Gasteiger partial charge in [0.05, 0.1) is 5.56 Å². The van der Waals surface area contributed by atoms with E-state index in [1.165, 1.54) is 6.92 Å². The molecule has 13 heavy (non-hydrogen) atoms. The Hall–Kier alpha value is -1.71. The number of halogens is 1. The smallest absolute Gasteiger partial charge is 0.335 e. The Morgan fingerprint density at radius 2 is 1.77 bits per heavy atom. The summed E-state index contributed by atoms with van der Waals surface area (Å²) in [5, 5.41) is 8.54. The maximum absolute atomic E-state index is 12.7. The molecule has 0 radical (unpaired) electrons. The van der Waals surface area contributed by atoms with Crippen LogP contribution >= 0.6 is 0 Å². The third-order valence-corrected chi connectivity index (χ3v) is 1.55. The zero-order chi connectivity index (χ0) is 10.0. The number of carbonyl (C=O) groups is 2. The molecular weight excluding hydrogens is 175 g/mol. The number of hydrogen-bond donors (Lipinski definition) is 1. The minimum Gasteiger partial charge on any atom is -0.478 e. The van der Waals surface area contributed by atoms with Gasteiger partial charge in [0.15, 0.2) is 5.78 Å². The van der Waals surface area contributed by atoms with Crippen LogP contribution in [0.4, 0.5) is 4.39 Å². The number of aromatic carboxylic acids is 1. The monoisotopic (exact) mass is 182 g/mol. The highest BCUT2D eigenvalue weighted by Crippen LogP contribution is 2.09. The van der Waals surface area contributed by atoms with Crippen LogP contribution in [0.25, 0.3) is 0 Å². The second-order valence-corrected chi connectivity index (χ2v) is 2.59. The van der Waals surface area contributed by atoms with Gasteiger partial charge in [0.2, 0.25) is 0 Å². The molecule has 0 heterocycles. The maximum Gasteiger partial charge on any atom is 0.335 e. The lowest BCUT2D eigenvalue weighted by molar-refractivity contribution is 0.0696. The predicted octanol–water partition coefficient (Wildman–Crippen LogP) is 1.73. The van der Waals surface area contributed by atoms with E-state index < -0.39 is 11.8 Å². The Balaban J connectivity index is 3.26. The molecule has 0 aliphatic heterocycles. The first-order valence-corrected chi connectivity index (χ1v) is 3.55. The molecule has 0 fully saturated rings. The van der Waals surface area contributed by atoms with Gasteiger partial charge >= 0.3 is 5.97 Å². The van der Waals surface area contributed by atoms with E-state index >= 15 is 0 Å². The van der Waals surface area contributed by atoms with Crippen molar-refractivity contribution in [2.45, 2.75) is 6.92 Å². The third kappa shape index (κ3) is 2.11. The molecule has 1 aromatic carbocycles. The molecule has 0 amide bonds. The Labute approximate surface area is 73.8 Å². The van der Waals surface area contributed by atoms with Crippen LogP contribution in [0.1, 0.15) is 27.6 Å². The molecule has 0 bridgehead atoms. The zero-order valence-corrected chi connectivity index (χ0v) is 6.87. The fourth-order valence-corrected chi connectivity index (χ4v) is 0.916. The quantitative estimate of drug-likeness (QED) is 0.708. The third-order valence-electron chi connectivity index (χ3n) is 1.55. The number of ketones is 1. The number of hydrogen-bond acceptors (Lipinski definition) is 2. The Morgan fingerprint density at radius 1 is 1.23 bits per heavy atom. The molecular formula is C9H7FO3. The van der Waals surface area contributed by atoms with Gasteiger partial charge in [-0.3, -0.25) is 4.79 Å². The van der Waals surface area contributed by atoms with Crippen LogP contribution in [-0.4, -0.2) is 16.9 Å². The summed E-state index contributed by atoms with van der Waals surface area (Å²) in [5.74, 6) is -2.32. The average molecular weight is 182 g/mol. The van der Waals surface area contributed by atoms with E-state index in [1.807, 2.05) is 0 Å². The maximum atomic E-state index is 12.7. The Bertz CT molecular complexity index is 339. The summed E-state index contributed by atoms with van der Waals surface area (Å²) in [6.45, 7) is 1.25. The highest BCUT2D eigenvalue weighted by atomic mass is 19.1. The summed E-state index contributed by atoms with van der Waals surface area (Å²) < 4.78 is 12.7. The summed E-state index contributed by atoms with van der Waals surface area (Å²) in [6.07, 6.45) is 0. The lowest BCUT2D eigenvalue weighted by atomic mass is 10.1. The fourth-order valence-electron chi connectivity index (χ4n) is 0.916. The van der Waals surface area contributed by atoms with E-state index in [4.69, 9.17) is 5.11 Å². The molecule has 1 aromatic rings. The first-order chi connectivity index (χ1) is 6.00. The molecule has 0 aromatic heterocycles. The van der Waals surface area contributed by atoms with Crippen molar-refractivity contribution in [2.24, 2.45) is 0 Å². The molecule has 68 valence electrons. The second-order valence-electron chi connectivity index (χ2n) is 2.59. The van der Waals surface area contributed by atoms with Gasteiger partial charge in [-0.15, -0.1) is 0 Å². The van der Waals surface area contributed by atoms with Gasteiger partial charge in [-0.05, 0) is 25.1 Å². The topological polar surface area (TPSA) is 54.4 Å². The molecule has 0 saturated heterocycles. The van der Waals surface area contributed by atoms with Crippen molar-refractivity contribution >= 4 is 11.8 Å². The largest absolute Gasteiger partial charge is 0.478 e. The Morgan fingerprint density at radius 3 is 2.23 bits per heavy atom. The van der Waals surface area contributed by atoms with Crippen LogP contribution in [0.15, 0.2) is 18.2 Å². The van der Waals surface area contributed by atoms with Gasteiger partial charge in [-0.25, -0.2) is 9.18 Å². The molecule has 3 nitrogen and oxygen atoms in total. The number of rotatable bonds is 2. The van der Waals surface area contributed by atoms with Gasteiger partial charge in [-0.2, -0.15) is 0 Å². The van der Waals surface area contributed by atoms with Crippen LogP contribution < -0.4 is 0 Å². The van der Waals surface area contributed by atoms with Crippen LogP contribution in [0.5, 0.6) is 0 Å². The molecule has 0 aliphatic rings. The average Bonchev–Trinajstić information content (AvgIpc) is 2.03. The number of Topliss-reactive ketones (excluding diaryl/α,β-unsaturated/α-hetero) is 1. The van der Waals surface area contributed by atoms with E-state index in [9.17, 15) is 14.0 Å². The number of carboxylic acid groups (broad SMARTS) is 1. The molecule has 1 rings (SSSR count).